The summed E-state index contributed by atoms with van der Waals surface area (Å²) in [5, 5.41) is 4.24. The summed E-state index contributed by atoms with van der Waals surface area (Å²) >= 11 is 0. The van der Waals surface area contributed by atoms with Gasteiger partial charge in [-0.2, -0.15) is 5.10 Å². The summed E-state index contributed by atoms with van der Waals surface area (Å²) in [6, 6.07) is 8.27. The third-order valence-corrected chi connectivity index (χ3v) is 2.16. The van der Waals surface area contributed by atoms with Gasteiger partial charge in [-0.1, -0.05) is 12.1 Å². The molecule has 0 atom stereocenters. The maximum atomic E-state index is 12.6. The minimum atomic E-state index is -0.220. The lowest BCUT2D eigenvalue weighted by Gasteiger charge is -2.01. The lowest BCUT2D eigenvalue weighted by atomic mass is 10.2. The predicted octanol–water partition coefficient (Wildman–Crippen LogP) is 1.53. The van der Waals surface area contributed by atoms with Crippen molar-refractivity contribution in [3.8, 4) is 0 Å². The average Bonchev–Trinajstić information content (AvgIpc) is 2.69. The number of benzene rings is 1. The largest absolute Gasteiger partial charge is 0.325 e. The highest BCUT2D eigenvalue weighted by molar-refractivity contribution is 5.16. The molecule has 2 N–H and O–H groups in total. The van der Waals surface area contributed by atoms with E-state index < -0.39 is 0 Å². The first kappa shape index (κ1) is 9.86. The lowest BCUT2D eigenvalue weighted by Crippen LogP contribution is -2.03. The second-order valence-corrected chi connectivity index (χ2v) is 3.34. The molecule has 78 valence electrons. The van der Waals surface area contributed by atoms with Crippen molar-refractivity contribution in [1.82, 2.24) is 9.78 Å². The fourth-order valence-corrected chi connectivity index (χ4v) is 1.38. The van der Waals surface area contributed by atoms with Gasteiger partial charge < -0.3 is 5.73 Å². The molecule has 1 aromatic heterocycles. The molecule has 1 heterocycles. The molecular weight excluding hydrogens is 193 g/mol. The van der Waals surface area contributed by atoms with E-state index in [-0.39, 0.29) is 5.82 Å². The van der Waals surface area contributed by atoms with E-state index in [9.17, 15) is 4.39 Å². The fraction of sp³-hybridized carbons (Fsp3) is 0.182. The predicted molar refractivity (Wildman–Crippen MR) is 55.6 cm³/mol. The molecule has 0 unspecified atom stereocenters. The van der Waals surface area contributed by atoms with Crippen molar-refractivity contribution in [1.29, 1.82) is 0 Å². The van der Waals surface area contributed by atoms with Crippen molar-refractivity contribution < 1.29 is 4.39 Å². The summed E-state index contributed by atoms with van der Waals surface area (Å²) < 4.78 is 14.4. The van der Waals surface area contributed by atoms with Crippen LogP contribution < -0.4 is 5.73 Å². The van der Waals surface area contributed by atoms with Gasteiger partial charge in [0, 0.05) is 12.7 Å². The molecule has 0 bridgehead atoms. The van der Waals surface area contributed by atoms with Gasteiger partial charge in [0.1, 0.15) is 5.82 Å². The highest BCUT2D eigenvalue weighted by atomic mass is 19.1. The second kappa shape index (κ2) is 4.23. The van der Waals surface area contributed by atoms with Crippen molar-refractivity contribution in [3.05, 3.63) is 53.6 Å². The van der Waals surface area contributed by atoms with Crippen LogP contribution >= 0.6 is 0 Å². The minimum absolute atomic E-state index is 0.220. The third kappa shape index (κ3) is 2.41. The van der Waals surface area contributed by atoms with Crippen LogP contribution in [-0.2, 0) is 13.1 Å². The third-order valence-electron chi connectivity index (χ3n) is 2.16. The van der Waals surface area contributed by atoms with Gasteiger partial charge in [-0.15, -0.1) is 0 Å². The topological polar surface area (TPSA) is 43.8 Å². The zero-order valence-corrected chi connectivity index (χ0v) is 8.23. The van der Waals surface area contributed by atoms with Gasteiger partial charge in [-0.3, -0.25) is 4.68 Å². The molecule has 2 aromatic rings. The monoisotopic (exact) mass is 205 g/mol. The standard InChI is InChI=1S/C11H12FN3/c12-10-3-1-9(2-4-10)8-15-6-5-11(7-13)14-15/h1-6H,7-8,13H2. The van der Waals surface area contributed by atoms with Gasteiger partial charge in [0.15, 0.2) is 0 Å². The molecule has 15 heavy (non-hydrogen) atoms. The Morgan fingerprint density at radius 1 is 1.20 bits per heavy atom. The molecular formula is C11H12FN3. The second-order valence-electron chi connectivity index (χ2n) is 3.34. The van der Waals surface area contributed by atoms with E-state index in [0.717, 1.165) is 11.3 Å². The van der Waals surface area contributed by atoms with Crippen molar-refractivity contribution >= 4 is 0 Å². The summed E-state index contributed by atoms with van der Waals surface area (Å²) in [5.41, 5.74) is 7.33. The Morgan fingerprint density at radius 3 is 2.53 bits per heavy atom. The summed E-state index contributed by atoms with van der Waals surface area (Å²) in [7, 11) is 0. The SMILES string of the molecule is NCc1ccn(Cc2ccc(F)cc2)n1. The van der Waals surface area contributed by atoms with Crippen LogP contribution in [0.15, 0.2) is 36.5 Å². The van der Waals surface area contributed by atoms with Crippen molar-refractivity contribution in [2.75, 3.05) is 0 Å². The van der Waals surface area contributed by atoms with Crippen LogP contribution in [0.3, 0.4) is 0 Å². The molecule has 2 rings (SSSR count). The number of nitrogens with two attached hydrogens (primary N) is 1. The Labute approximate surface area is 87.3 Å². The normalized spacial score (nSPS) is 10.5. The molecule has 0 saturated heterocycles. The van der Waals surface area contributed by atoms with Gasteiger partial charge in [0.25, 0.3) is 0 Å². The van der Waals surface area contributed by atoms with Crippen LogP contribution in [0.4, 0.5) is 4.39 Å². The molecule has 0 fully saturated rings. The molecule has 0 amide bonds. The van der Waals surface area contributed by atoms with E-state index in [1.807, 2.05) is 12.3 Å². The number of halogens is 1. The van der Waals surface area contributed by atoms with E-state index in [2.05, 4.69) is 5.10 Å². The van der Waals surface area contributed by atoms with Crippen LogP contribution in [0.25, 0.3) is 0 Å². The molecule has 4 heteroatoms. The van der Waals surface area contributed by atoms with Crippen LogP contribution in [0.2, 0.25) is 0 Å². The molecule has 0 aliphatic heterocycles. The van der Waals surface area contributed by atoms with Gasteiger partial charge in [-0.25, -0.2) is 4.39 Å². The number of aromatic nitrogens is 2. The van der Waals surface area contributed by atoms with E-state index in [0.29, 0.717) is 13.1 Å². The fourth-order valence-electron chi connectivity index (χ4n) is 1.38. The summed E-state index contributed by atoms with van der Waals surface area (Å²) in [5.74, 6) is -0.220. The maximum Gasteiger partial charge on any atom is 0.123 e. The Morgan fingerprint density at radius 2 is 1.93 bits per heavy atom. The smallest absolute Gasteiger partial charge is 0.123 e. The first-order chi connectivity index (χ1) is 7.28. The molecule has 1 aromatic carbocycles. The van der Waals surface area contributed by atoms with E-state index >= 15 is 0 Å². The van der Waals surface area contributed by atoms with Gasteiger partial charge in [0.05, 0.1) is 12.2 Å². The Hall–Kier alpha value is -1.68. The van der Waals surface area contributed by atoms with E-state index in [1.54, 1.807) is 16.8 Å². The van der Waals surface area contributed by atoms with Crippen LogP contribution in [0.1, 0.15) is 11.3 Å². The van der Waals surface area contributed by atoms with Gasteiger partial charge in [-0.05, 0) is 23.8 Å². The zero-order valence-electron chi connectivity index (χ0n) is 8.23. The summed E-state index contributed by atoms with van der Waals surface area (Å²) in [4.78, 5) is 0. The van der Waals surface area contributed by atoms with Crippen LogP contribution in [0, 0.1) is 5.82 Å². The lowest BCUT2D eigenvalue weighted by molar-refractivity contribution is 0.623. The van der Waals surface area contributed by atoms with Gasteiger partial charge in [0.2, 0.25) is 0 Å². The zero-order chi connectivity index (χ0) is 10.7. The van der Waals surface area contributed by atoms with Crippen molar-refractivity contribution in [2.24, 2.45) is 5.73 Å². The minimum Gasteiger partial charge on any atom is -0.325 e. The summed E-state index contributed by atoms with van der Waals surface area (Å²) in [6.07, 6.45) is 1.87. The maximum absolute atomic E-state index is 12.6. The van der Waals surface area contributed by atoms with E-state index in [4.69, 9.17) is 5.73 Å². The average molecular weight is 205 g/mol. The highest BCUT2D eigenvalue weighted by Crippen LogP contribution is 2.05. The molecule has 3 nitrogen and oxygen atoms in total. The first-order valence-corrected chi connectivity index (χ1v) is 4.75. The van der Waals surface area contributed by atoms with Crippen LogP contribution in [0.5, 0.6) is 0 Å². The number of rotatable bonds is 3. The Kier molecular flexibility index (Phi) is 2.78. The van der Waals surface area contributed by atoms with Gasteiger partial charge >= 0.3 is 0 Å². The first-order valence-electron chi connectivity index (χ1n) is 4.75. The number of hydrogen-bond acceptors (Lipinski definition) is 2. The quantitative estimate of drug-likeness (QED) is 0.825. The molecule has 0 aliphatic rings. The Balaban J connectivity index is 2.11. The van der Waals surface area contributed by atoms with Crippen molar-refractivity contribution in [2.45, 2.75) is 13.1 Å². The molecule has 0 radical (unpaired) electrons. The highest BCUT2D eigenvalue weighted by Gasteiger charge is 1.98. The molecule has 0 spiro atoms. The summed E-state index contributed by atoms with van der Waals surface area (Å²) in [6.45, 7) is 1.08. The van der Waals surface area contributed by atoms with Crippen LogP contribution in [-0.4, -0.2) is 9.78 Å². The van der Waals surface area contributed by atoms with Crippen molar-refractivity contribution in [3.63, 3.8) is 0 Å². The Bertz CT molecular complexity index is 433. The van der Waals surface area contributed by atoms with E-state index in [1.165, 1.54) is 12.1 Å². The number of nitrogens with zero attached hydrogens (tertiary/aromatic N) is 2. The molecule has 0 saturated carbocycles. The number of hydrogen-bond donors (Lipinski definition) is 1. The molecule has 0 aliphatic carbocycles.